The molecule has 22 heavy (non-hydrogen) atoms. The number of carbonyl (C=O) groups excluding carboxylic acids is 2. The fraction of sp³-hybridized carbons (Fsp3) is 0.500. The predicted molar refractivity (Wildman–Crippen MR) is 88.2 cm³/mol. The molecular weight excluding hydrogens is 323 g/mol. The van der Waals surface area contributed by atoms with Crippen LogP contribution in [0.2, 0.25) is 10.0 Å². The van der Waals surface area contributed by atoms with Crippen LogP contribution in [-0.4, -0.2) is 35.8 Å². The van der Waals surface area contributed by atoms with Crippen molar-refractivity contribution >= 4 is 35.0 Å². The van der Waals surface area contributed by atoms with Crippen molar-refractivity contribution in [3.8, 4) is 0 Å². The van der Waals surface area contributed by atoms with Gasteiger partial charge in [-0.2, -0.15) is 0 Å². The van der Waals surface area contributed by atoms with E-state index in [1.165, 1.54) is 6.42 Å². The van der Waals surface area contributed by atoms with Gasteiger partial charge < -0.3 is 10.2 Å². The molecule has 2 amide bonds. The number of piperidine rings is 1. The maximum atomic E-state index is 12.3. The van der Waals surface area contributed by atoms with Crippen molar-refractivity contribution in [2.24, 2.45) is 0 Å². The topological polar surface area (TPSA) is 49.4 Å². The van der Waals surface area contributed by atoms with Gasteiger partial charge in [-0.15, -0.1) is 0 Å². The second kappa shape index (κ2) is 7.84. The lowest BCUT2D eigenvalue weighted by molar-refractivity contribution is -0.136. The van der Waals surface area contributed by atoms with Crippen molar-refractivity contribution in [1.29, 1.82) is 0 Å². The molecule has 1 heterocycles. The Morgan fingerprint density at radius 1 is 1.23 bits per heavy atom. The van der Waals surface area contributed by atoms with Crippen molar-refractivity contribution in [1.82, 2.24) is 10.2 Å². The second-order valence-electron chi connectivity index (χ2n) is 5.59. The van der Waals surface area contributed by atoms with Crippen LogP contribution in [0.4, 0.5) is 0 Å². The minimum atomic E-state index is -0.517. The Hall–Kier alpha value is -1.26. The number of amides is 2. The molecule has 6 heteroatoms. The molecule has 0 bridgehead atoms. The van der Waals surface area contributed by atoms with Crippen LogP contribution in [-0.2, 0) is 16.0 Å². The first-order valence-corrected chi connectivity index (χ1v) is 8.25. The number of hydrogen-bond acceptors (Lipinski definition) is 2. The Morgan fingerprint density at radius 3 is 2.55 bits per heavy atom. The van der Waals surface area contributed by atoms with Gasteiger partial charge in [0.1, 0.15) is 6.04 Å². The Balaban J connectivity index is 1.89. The summed E-state index contributed by atoms with van der Waals surface area (Å²) in [5, 5.41) is 3.73. The van der Waals surface area contributed by atoms with Gasteiger partial charge in [0, 0.05) is 23.1 Å². The van der Waals surface area contributed by atoms with Crippen LogP contribution in [0, 0.1) is 0 Å². The summed E-state index contributed by atoms with van der Waals surface area (Å²) in [5.74, 6) is -0.239. The van der Waals surface area contributed by atoms with E-state index in [0.717, 1.165) is 25.9 Å². The number of benzene rings is 1. The first-order chi connectivity index (χ1) is 10.5. The van der Waals surface area contributed by atoms with Gasteiger partial charge in [-0.1, -0.05) is 29.3 Å². The summed E-state index contributed by atoms with van der Waals surface area (Å²) < 4.78 is 0. The number of nitrogens with one attached hydrogen (secondary N) is 1. The third-order valence-electron chi connectivity index (χ3n) is 3.78. The molecule has 0 spiro atoms. The van der Waals surface area contributed by atoms with Crippen LogP contribution in [0.1, 0.15) is 31.7 Å². The second-order valence-corrected chi connectivity index (χ2v) is 6.43. The molecule has 1 atom stereocenters. The normalized spacial score (nSPS) is 16.2. The highest BCUT2D eigenvalue weighted by Crippen LogP contribution is 2.21. The molecule has 0 radical (unpaired) electrons. The molecule has 0 aromatic heterocycles. The van der Waals surface area contributed by atoms with Gasteiger partial charge in [0.2, 0.25) is 11.8 Å². The molecule has 1 aliphatic heterocycles. The largest absolute Gasteiger partial charge is 0.344 e. The van der Waals surface area contributed by atoms with Crippen LogP contribution in [0.3, 0.4) is 0 Å². The zero-order chi connectivity index (χ0) is 16.1. The highest BCUT2D eigenvalue weighted by molar-refractivity contribution is 6.35. The van der Waals surface area contributed by atoms with Gasteiger partial charge >= 0.3 is 0 Å². The van der Waals surface area contributed by atoms with E-state index < -0.39 is 6.04 Å². The SMILES string of the molecule is C[C@@H](NC(=O)Cc1ccc(Cl)cc1Cl)C(=O)N1CCCCC1. The number of hydrogen-bond donors (Lipinski definition) is 1. The molecular formula is C16H20Cl2N2O2. The minimum Gasteiger partial charge on any atom is -0.344 e. The summed E-state index contributed by atoms with van der Waals surface area (Å²) in [7, 11) is 0. The molecule has 2 rings (SSSR count). The van der Waals surface area contributed by atoms with E-state index in [9.17, 15) is 9.59 Å². The van der Waals surface area contributed by atoms with E-state index in [0.29, 0.717) is 15.6 Å². The zero-order valence-electron chi connectivity index (χ0n) is 12.6. The minimum absolute atomic E-state index is 0.0183. The standard InChI is InChI=1S/C16H20Cl2N2O2/c1-11(16(22)20-7-3-2-4-8-20)19-15(21)9-12-5-6-13(17)10-14(12)18/h5-6,10-11H,2-4,7-9H2,1H3,(H,19,21)/t11-/m1/s1. The predicted octanol–water partition coefficient (Wildman–Crippen LogP) is 3.05. The van der Waals surface area contributed by atoms with Crippen LogP contribution >= 0.6 is 23.2 Å². The highest BCUT2D eigenvalue weighted by atomic mass is 35.5. The van der Waals surface area contributed by atoms with Crippen molar-refractivity contribution < 1.29 is 9.59 Å². The van der Waals surface area contributed by atoms with Gasteiger partial charge in [-0.25, -0.2) is 0 Å². The number of halogens is 2. The van der Waals surface area contributed by atoms with Gasteiger partial charge in [0.25, 0.3) is 0 Å². The molecule has 0 aliphatic carbocycles. The first kappa shape index (κ1) is 17.1. The number of carbonyl (C=O) groups is 2. The molecule has 4 nitrogen and oxygen atoms in total. The third kappa shape index (κ3) is 4.62. The molecule has 120 valence electrons. The highest BCUT2D eigenvalue weighted by Gasteiger charge is 2.23. The van der Waals surface area contributed by atoms with Crippen molar-refractivity contribution in [2.75, 3.05) is 13.1 Å². The summed E-state index contributed by atoms with van der Waals surface area (Å²) in [6, 6.07) is 4.50. The number of nitrogens with zero attached hydrogens (tertiary/aromatic N) is 1. The monoisotopic (exact) mass is 342 g/mol. The fourth-order valence-electron chi connectivity index (χ4n) is 2.58. The summed E-state index contributed by atoms with van der Waals surface area (Å²) in [5.41, 5.74) is 0.696. The molecule has 1 aromatic rings. The van der Waals surface area contributed by atoms with Crippen LogP contribution in [0.15, 0.2) is 18.2 Å². The molecule has 1 fully saturated rings. The molecule has 1 aromatic carbocycles. The maximum absolute atomic E-state index is 12.3. The quantitative estimate of drug-likeness (QED) is 0.914. The number of likely N-dealkylation sites (tertiary alicyclic amines) is 1. The summed E-state index contributed by atoms with van der Waals surface area (Å²) >= 11 is 11.9. The molecule has 1 aliphatic rings. The van der Waals surface area contributed by atoms with E-state index in [-0.39, 0.29) is 18.2 Å². The average Bonchev–Trinajstić information content (AvgIpc) is 2.50. The van der Waals surface area contributed by atoms with Crippen molar-refractivity contribution in [3.63, 3.8) is 0 Å². The Kier molecular flexibility index (Phi) is 6.09. The van der Waals surface area contributed by atoms with Gasteiger partial charge in [0.05, 0.1) is 6.42 Å². The molecule has 0 unspecified atom stereocenters. The van der Waals surface area contributed by atoms with E-state index in [4.69, 9.17) is 23.2 Å². The maximum Gasteiger partial charge on any atom is 0.244 e. The molecule has 1 N–H and O–H groups in total. The van der Waals surface area contributed by atoms with E-state index in [1.807, 2.05) is 4.90 Å². The summed E-state index contributed by atoms with van der Waals surface area (Å²) in [6.07, 6.45) is 3.37. The Labute approximate surface area is 140 Å². The first-order valence-electron chi connectivity index (χ1n) is 7.49. The lowest BCUT2D eigenvalue weighted by Crippen LogP contribution is -2.48. The van der Waals surface area contributed by atoms with E-state index in [2.05, 4.69) is 5.32 Å². The van der Waals surface area contributed by atoms with E-state index >= 15 is 0 Å². The van der Waals surface area contributed by atoms with E-state index in [1.54, 1.807) is 25.1 Å². The number of rotatable bonds is 4. The zero-order valence-corrected chi connectivity index (χ0v) is 14.1. The summed E-state index contributed by atoms with van der Waals surface area (Å²) in [6.45, 7) is 3.28. The van der Waals surface area contributed by atoms with Gasteiger partial charge in [-0.3, -0.25) is 9.59 Å². The van der Waals surface area contributed by atoms with Crippen LogP contribution < -0.4 is 5.32 Å². The summed E-state index contributed by atoms with van der Waals surface area (Å²) in [4.78, 5) is 26.2. The Morgan fingerprint density at radius 2 is 1.91 bits per heavy atom. The third-order valence-corrected chi connectivity index (χ3v) is 4.37. The van der Waals surface area contributed by atoms with Crippen molar-refractivity contribution in [3.05, 3.63) is 33.8 Å². The van der Waals surface area contributed by atoms with Crippen LogP contribution in [0.5, 0.6) is 0 Å². The van der Waals surface area contributed by atoms with Gasteiger partial charge in [0.15, 0.2) is 0 Å². The molecule has 1 saturated heterocycles. The lowest BCUT2D eigenvalue weighted by Gasteiger charge is -2.29. The smallest absolute Gasteiger partial charge is 0.244 e. The Bertz CT molecular complexity index is 557. The van der Waals surface area contributed by atoms with Crippen molar-refractivity contribution in [2.45, 2.75) is 38.6 Å². The average molecular weight is 343 g/mol. The van der Waals surface area contributed by atoms with Gasteiger partial charge in [-0.05, 0) is 43.9 Å². The lowest BCUT2D eigenvalue weighted by atomic mass is 10.1. The fourth-order valence-corrected chi connectivity index (χ4v) is 3.06. The molecule has 0 saturated carbocycles. The van der Waals surface area contributed by atoms with Crippen LogP contribution in [0.25, 0.3) is 0 Å².